The van der Waals surface area contributed by atoms with Crippen LogP contribution in [0.15, 0.2) is 18.2 Å². The molecule has 1 fully saturated rings. The number of aliphatic hydroxyl groups is 1. The van der Waals surface area contributed by atoms with Gasteiger partial charge in [-0.2, -0.15) is 0 Å². The van der Waals surface area contributed by atoms with Gasteiger partial charge in [0.1, 0.15) is 0 Å². The quantitative estimate of drug-likeness (QED) is 0.894. The third-order valence-corrected chi connectivity index (χ3v) is 4.69. The lowest BCUT2D eigenvalue weighted by molar-refractivity contribution is 0.0697. The average Bonchev–Trinajstić information content (AvgIpc) is 2.41. The molecule has 1 aliphatic rings. The number of halogens is 2. The first-order valence-corrected chi connectivity index (χ1v) is 7.60. The number of hydrogen-bond donors (Lipinski definition) is 2. The lowest BCUT2D eigenvalue weighted by atomic mass is 9.76. The van der Waals surface area contributed by atoms with Crippen LogP contribution >= 0.6 is 23.2 Å². The smallest absolute Gasteiger partial charge is 0.251 e. The summed E-state index contributed by atoms with van der Waals surface area (Å²) in [6.45, 7) is 2.11. The summed E-state index contributed by atoms with van der Waals surface area (Å²) >= 11 is 11.8. The van der Waals surface area contributed by atoms with E-state index in [2.05, 4.69) is 12.2 Å². The number of benzene rings is 1. The van der Waals surface area contributed by atoms with Crippen molar-refractivity contribution in [2.45, 2.75) is 38.1 Å². The fraction of sp³-hybridized carbons (Fsp3) is 0.533. The molecular formula is C15H19Cl2NO2. The molecule has 0 radical (unpaired) electrons. The number of aliphatic hydroxyl groups excluding tert-OH is 1. The van der Waals surface area contributed by atoms with E-state index >= 15 is 0 Å². The highest BCUT2D eigenvalue weighted by Gasteiger charge is 2.35. The molecule has 2 unspecified atom stereocenters. The third kappa shape index (κ3) is 3.46. The van der Waals surface area contributed by atoms with Crippen LogP contribution in [-0.2, 0) is 0 Å². The van der Waals surface area contributed by atoms with Crippen LogP contribution in [0, 0.1) is 5.92 Å². The molecule has 1 saturated carbocycles. The van der Waals surface area contributed by atoms with Crippen molar-refractivity contribution < 1.29 is 9.90 Å². The summed E-state index contributed by atoms with van der Waals surface area (Å²) in [5.74, 6) is 0.289. The average molecular weight is 316 g/mol. The summed E-state index contributed by atoms with van der Waals surface area (Å²) in [5.41, 5.74) is -0.0497. The molecular weight excluding hydrogens is 297 g/mol. The molecule has 20 heavy (non-hydrogen) atoms. The van der Waals surface area contributed by atoms with E-state index < -0.39 is 5.54 Å². The first-order chi connectivity index (χ1) is 9.46. The zero-order valence-corrected chi connectivity index (χ0v) is 13.0. The Labute approximate surface area is 129 Å². The molecule has 1 aromatic carbocycles. The second-order valence-corrected chi connectivity index (χ2v) is 6.54. The Morgan fingerprint density at radius 2 is 2.20 bits per heavy atom. The van der Waals surface area contributed by atoms with Crippen LogP contribution in [0.5, 0.6) is 0 Å². The van der Waals surface area contributed by atoms with Gasteiger partial charge in [0.25, 0.3) is 5.91 Å². The van der Waals surface area contributed by atoms with Gasteiger partial charge in [0.05, 0.1) is 22.2 Å². The molecule has 0 aromatic heterocycles. The Morgan fingerprint density at radius 3 is 2.80 bits per heavy atom. The fourth-order valence-corrected chi connectivity index (χ4v) is 3.21. The zero-order chi connectivity index (χ0) is 14.8. The van der Waals surface area contributed by atoms with Crippen molar-refractivity contribution in [2.75, 3.05) is 6.61 Å². The molecule has 0 bridgehead atoms. The van der Waals surface area contributed by atoms with Gasteiger partial charge in [-0.15, -0.1) is 0 Å². The molecule has 1 amide bonds. The van der Waals surface area contributed by atoms with Crippen LogP contribution < -0.4 is 5.32 Å². The van der Waals surface area contributed by atoms with E-state index in [1.165, 1.54) is 0 Å². The largest absolute Gasteiger partial charge is 0.394 e. The predicted octanol–water partition coefficient (Wildman–Crippen LogP) is 3.66. The highest BCUT2D eigenvalue weighted by atomic mass is 35.5. The standard InChI is InChI=1S/C15H19Cl2NO2/c1-10-3-2-6-15(8-10,9-19)18-14(20)11-4-5-12(16)13(17)7-11/h4-5,7,10,19H,2-3,6,8-9H2,1H3,(H,18,20). The number of amides is 1. The molecule has 1 aromatic rings. The normalized spacial score (nSPS) is 26.3. The van der Waals surface area contributed by atoms with Gasteiger partial charge in [-0.3, -0.25) is 4.79 Å². The maximum absolute atomic E-state index is 12.3. The third-order valence-electron chi connectivity index (χ3n) is 3.95. The summed E-state index contributed by atoms with van der Waals surface area (Å²) in [7, 11) is 0. The monoisotopic (exact) mass is 315 g/mol. The maximum atomic E-state index is 12.3. The lowest BCUT2D eigenvalue weighted by Crippen LogP contribution is -2.53. The van der Waals surface area contributed by atoms with E-state index in [9.17, 15) is 9.90 Å². The van der Waals surface area contributed by atoms with Crippen LogP contribution in [-0.4, -0.2) is 23.2 Å². The van der Waals surface area contributed by atoms with Gasteiger partial charge in [0, 0.05) is 5.56 Å². The van der Waals surface area contributed by atoms with Crippen molar-refractivity contribution in [3.63, 3.8) is 0 Å². The number of hydrogen-bond acceptors (Lipinski definition) is 2. The Balaban J connectivity index is 2.14. The maximum Gasteiger partial charge on any atom is 0.251 e. The number of nitrogens with one attached hydrogen (secondary N) is 1. The van der Waals surface area contributed by atoms with Crippen LogP contribution in [0.2, 0.25) is 10.0 Å². The molecule has 2 N–H and O–H groups in total. The van der Waals surface area contributed by atoms with E-state index in [-0.39, 0.29) is 12.5 Å². The summed E-state index contributed by atoms with van der Waals surface area (Å²) in [6.07, 6.45) is 3.77. The molecule has 2 atom stereocenters. The Kier molecular flexibility index (Phi) is 4.95. The highest BCUT2D eigenvalue weighted by Crippen LogP contribution is 2.32. The van der Waals surface area contributed by atoms with E-state index in [1.807, 2.05) is 0 Å². The van der Waals surface area contributed by atoms with Gasteiger partial charge in [0.15, 0.2) is 0 Å². The molecule has 5 heteroatoms. The van der Waals surface area contributed by atoms with Gasteiger partial charge in [-0.05, 0) is 37.0 Å². The van der Waals surface area contributed by atoms with Crippen molar-refractivity contribution >= 4 is 29.1 Å². The van der Waals surface area contributed by atoms with Crippen LogP contribution in [0.1, 0.15) is 43.0 Å². The second kappa shape index (κ2) is 6.33. The van der Waals surface area contributed by atoms with Crippen LogP contribution in [0.4, 0.5) is 0 Å². The summed E-state index contributed by atoms with van der Waals surface area (Å²) in [5, 5.41) is 13.5. The Bertz CT molecular complexity index is 507. The number of carbonyl (C=O) groups excluding carboxylic acids is 1. The topological polar surface area (TPSA) is 49.3 Å². The van der Waals surface area contributed by atoms with E-state index in [1.54, 1.807) is 18.2 Å². The molecule has 0 saturated heterocycles. The molecule has 0 spiro atoms. The minimum atomic E-state index is -0.513. The SMILES string of the molecule is CC1CCCC(CO)(NC(=O)c2ccc(Cl)c(Cl)c2)C1. The number of carbonyl (C=O) groups is 1. The molecule has 0 heterocycles. The highest BCUT2D eigenvalue weighted by molar-refractivity contribution is 6.42. The summed E-state index contributed by atoms with van der Waals surface area (Å²) in [6, 6.07) is 4.80. The summed E-state index contributed by atoms with van der Waals surface area (Å²) < 4.78 is 0. The molecule has 2 rings (SSSR count). The number of rotatable bonds is 3. The second-order valence-electron chi connectivity index (χ2n) is 5.72. The van der Waals surface area contributed by atoms with Crippen molar-refractivity contribution in [3.8, 4) is 0 Å². The van der Waals surface area contributed by atoms with E-state index in [0.717, 1.165) is 25.7 Å². The van der Waals surface area contributed by atoms with Gasteiger partial charge in [-0.25, -0.2) is 0 Å². The zero-order valence-electron chi connectivity index (χ0n) is 11.5. The molecule has 3 nitrogen and oxygen atoms in total. The fourth-order valence-electron chi connectivity index (χ4n) is 2.91. The van der Waals surface area contributed by atoms with Gasteiger partial charge in [-0.1, -0.05) is 43.0 Å². The predicted molar refractivity (Wildman–Crippen MR) is 81.4 cm³/mol. The van der Waals surface area contributed by atoms with Crippen LogP contribution in [0.25, 0.3) is 0 Å². The van der Waals surface area contributed by atoms with Crippen molar-refractivity contribution in [2.24, 2.45) is 5.92 Å². The lowest BCUT2D eigenvalue weighted by Gasteiger charge is -2.39. The first-order valence-electron chi connectivity index (χ1n) is 6.84. The van der Waals surface area contributed by atoms with Crippen LogP contribution in [0.3, 0.4) is 0 Å². The summed E-state index contributed by atoms with van der Waals surface area (Å²) in [4.78, 5) is 12.3. The van der Waals surface area contributed by atoms with E-state index in [4.69, 9.17) is 23.2 Å². The molecule has 1 aliphatic carbocycles. The van der Waals surface area contributed by atoms with Crippen molar-refractivity contribution in [1.29, 1.82) is 0 Å². The van der Waals surface area contributed by atoms with Gasteiger partial charge in [0.2, 0.25) is 0 Å². The molecule has 0 aliphatic heterocycles. The van der Waals surface area contributed by atoms with E-state index in [0.29, 0.717) is 21.5 Å². The Morgan fingerprint density at radius 1 is 1.45 bits per heavy atom. The Hall–Kier alpha value is -0.770. The van der Waals surface area contributed by atoms with Crippen molar-refractivity contribution in [3.05, 3.63) is 33.8 Å². The van der Waals surface area contributed by atoms with Gasteiger partial charge < -0.3 is 10.4 Å². The van der Waals surface area contributed by atoms with Gasteiger partial charge >= 0.3 is 0 Å². The minimum absolute atomic E-state index is 0.0373. The van der Waals surface area contributed by atoms with Crippen molar-refractivity contribution in [1.82, 2.24) is 5.32 Å². The minimum Gasteiger partial charge on any atom is -0.394 e. The molecule has 110 valence electrons. The first kappa shape index (κ1) is 15.6.